The number of thiol groups is 1. The van der Waals surface area contributed by atoms with Gasteiger partial charge in [-0.2, -0.15) is 12.6 Å². The second-order valence-electron chi connectivity index (χ2n) is 11.6. The number of anilines is 1. The molecule has 1 saturated heterocycles. The van der Waals surface area contributed by atoms with E-state index in [9.17, 15) is 43.9 Å². The van der Waals surface area contributed by atoms with Crippen molar-refractivity contribution >= 4 is 61.1 Å². The number of carbonyl (C=O) groups is 6. The Kier molecular flexibility index (Phi) is 18.0. The summed E-state index contributed by atoms with van der Waals surface area (Å²) in [6.07, 6.45) is 1.07. The highest BCUT2D eigenvalue weighted by atomic mass is 32.1. The number of rotatable bonds is 23. The van der Waals surface area contributed by atoms with Crippen LogP contribution in [-0.4, -0.2) is 178 Å². The van der Waals surface area contributed by atoms with E-state index in [-0.39, 0.29) is 76.9 Å². The number of nitrogens with one attached hydrogen (secondary N) is 3. The van der Waals surface area contributed by atoms with E-state index in [1.165, 1.54) is 41.0 Å². The Morgan fingerprint density at radius 2 is 1.45 bits per heavy atom. The molecule has 18 nitrogen and oxygen atoms in total. The summed E-state index contributed by atoms with van der Waals surface area (Å²) in [6, 6.07) is 5.04. The number of hydrogen-bond donors (Lipinski definition) is 9. The first-order valence-corrected chi connectivity index (χ1v) is 16.3. The molecule has 20 heteroatoms. The lowest BCUT2D eigenvalue weighted by molar-refractivity contribution is -0.140. The van der Waals surface area contributed by atoms with Gasteiger partial charge in [0, 0.05) is 62.9 Å². The average Bonchev–Trinajstić information content (AvgIpc) is 3.53. The Hall–Kier alpha value is -3.79. The van der Waals surface area contributed by atoms with Crippen LogP contribution in [0.4, 0.5) is 5.69 Å². The number of aliphatic carboxylic acids is 3. The summed E-state index contributed by atoms with van der Waals surface area (Å²) in [4.78, 5) is 78.2. The molecule has 49 heavy (non-hydrogen) atoms. The highest BCUT2D eigenvalue weighted by Gasteiger charge is 2.38. The Morgan fingerprint density at radius 3 is 2.00 bits per heavy atom. The van der Waals surface area contributed by atoms with Crippen molar-refractivity contribution < 1.29 is 54.1 Å². The molecule has 1 aliphatic heterocycles. The van der Waals surface area contributed by atoms with E-state index in [2.05, 4.69) is 28.6 Å². The van der Waals surface area contributed by atoms with E-state index in [1.54, 1.807) is 9.80 Å². The molecule has 8 N–H and O–H groups in total. The maximum Gasteiger partial charge on any atom is 0.475 e. The highest BCUT2D eigenvalue weighted by molar-refractivity contribution is 7.80. The molecule has 1 heterocycles. The van der Waals surface area contributed by atoms with Gasteiger partial charge in [-0.25, -0.2) is 0 Å². The summed E-state index contributed by atoms with van der Waals surface area (Å²) >= 11 is 4.13. The van der Waals surface area contributed by atoms with Crippen LogP contribution in [0.15, 0.2) is 24.3 Å². The fourth-order valence-electron chi connectivity index (χ4n) is 5.20. The van der Waals surface area contributed by atoms with Crippen molar-refractivity contribution in [2.45, 2.75) is 31.7 Å². The minimum absolute atomic E-state index is 0.126. The van der Waals surface area contributed by atoms with Crippen molar-refractivity contribution in [1.82, 2.24) is 30.2 Å². The first kappa shape index (κ1) is 41.4. The van der Waals surface area contributed by atoms with Crippen molar-refractivity contribution in [3.63, 3.8) is 0 Å². The van der Waals surface area contributed by atoms with Crippen molar-refractivity contribution in [2.75, 3.05) is 83.2 Å². The second kappa shape index (κ2) is 21.3. The Balaban J connectivity index is 1.98. The number of carbonyl (C=O) groups excluding carboxylic acids is 3. The minimum atomic E-state index is -1.67. The average molecular weight is 712 g/mol. The predicted molar refractivity (Wildman–Crippen MR) is 181 cm³/mol. The summed E-state index contributed by atoms with van der Waals surface area (Å²) in [5, 5.41) is 54.5. The van der Waals surface area contributed by atoms with Gasteiger partial charge in [0.1, 0.15) is 6.04 Å². The first-order chi connectivity index (χ1) is 23.2. The van der Waals surface area contributed by atoms with Crippen LogP contribution in [0.2, 0.25) is 0 Å². The Morgan fingerprint density at radius 1 is 0.878 bits per heavy atom. The molecule has 1 aromatic rings. The van der Waals surface area contributed by atoms with E-state index in [4.69, 9.17) is 10.2 Å². The largest absolute Gasteiger partial charge is 0.480 e. The standard InChI is InChI=1S/C29H46BN7O11S/c1-20(29(46)37-9-2-3-23(37)30(47)48)32-28(45)21-4-6-22(7-5-21)33-24(38)16-34(10-8-31-15-25(39)40)11-12-35(17-26(41)42)13-14-36(19-49)18-27(43)44/h4-7,20,23,31,47-49H,2-3,8-19H2,1H3,(H,32,45)(H,33,38)(H,39,40)(H,41,42)(H,43,44)/t20-,23+/m1/s1. The molecule has 272 valence electrons. The Bertz CT molecular complexity index is 1280. The van der Waals surface area contributed by atoms with E-state index in [0.29, 0.717) is 25.1 Å². The van der Waals surface area contributed by atoms with Crippen LogP contribution in [0, 0.1) is 0 Å². The lowest BCUT2D eigenvalue weighted by Crippen LogP contribution is -2.52. The molecule has 0 bridgehead atoms. The van der Waals surface area contributed by atoms with Crippen molar-refractivity contribution in [3.05, 3.63) is 29.8 Å². The molecule has 1 aromatic carbocycles. The van der Waals surface area contributed by atoms with Gasteiger partial charge in [0.05, 0.1) is 32.1 Å². The fraction of sp³-hybridized carbons (Fsp3) is 0.586. The van der Waals surface area contributed by atoms with Crippen LogP contribution in [0.25, 0.3) is 0 Å². The fourth-order valence-corrected chi connectivity index (χ4v) is 5.44. The smallest absolute Gasteiger partial charge is 0.475 e. The van der Waals surface area contributed by atoms with Gasteiger partial charge < -0.3 is 46.2 Å². The number of amides is 3. The quantitative estimate of drug-likeness (QED) is 0.0244. The van der Waals surface area contributed by atoms with Gasteiger partial charge >= 0.3 is 25.0 Å². The second-order valence-corrected chi connectivity index (χ2v) is 11.9. The molecular formula is C29H46BN7O11S. The SMILES string of the molecule is C[C@@H](NC(=O)c1ccc(NC(=O)CN(CCNCC(=O)O)CCN(CCN(CS)CC(=O)O)CC(=O)O)cc1)C(=O)N1CCC[C@H]1B(O)O. The maximum atomic E-state index is 13.0. The zero-order chi connectivity index (χ0) is 36.5. The van der Waals surface area contributed by atoms with Gasteiger partial charge in [0.15, 0.2) is 0 Å². The molecule has 0 saturated carbocycles. The van der Waals surface area contributed by atoms with Crippen LogP contribution in [0.3, 0.4) is 0 Å². The number of hydrogen-bond acceptors (Lipinski definition) is 13. The van der Waals surface area contributed by atoms with Gasteiger partial charge in [-0.1, -0.05) is 0 Å². The molecule has 0 aliphatic carbocycles. The lowest BCUT2D eigenvalue weighted by atomic mass is 9.78. The molecule has 2 rings (SSSR count). The molecule has 2 atom stereocenters. The number of carboxylic acids is 3. The highest BCUT2D eigenvalue weighted by Crippen LogP contribution is 2.19. The molecule has 3 amide bonds. The lowest BCUT2D eigenvalue weighted by Gasteiger charge is -2.28. The summed E-state index contributed by atoms with van der Waals surface area (Å²) in [7, 11) is -1.67. The summed E-state index contributed by atoms with van der Waals surface area (Å²) < 4.78 is 0. The Labute approximate surface area is 289 Å². The van der Waals surface area contributed by atoms with E-state index < -0.39 is 54.7 Å². The number of likely N-dealkylation sites (tertiary alicyclic amines) is 1. The number of benzene rings is 1. The predicted octanol–water partition coefficient (Wildman–Crippen LogP) is -2.62. The van der Waals surface area contributed by atoms with Crippen molar-refractivity contribution in [3.8, 4) is 0 Å². The summed E-state index contributed by atoms with van der Waals surface area (Å²) in [6.45, 7) is 2.30. The minimum Gasteiger partial charge on any atom is -0.480 e. The van der Waals surface area contributed by atoms with Crippen LogP contribution >= 0.6 is 12.6 Å². The third-order valence-corrected chi connectivity index (χ3v) is 8.11. The monoisotopic (exact) mass is 711 g/mol. The molecule has 1 aliphatic rings. The number of carboxylic acid groups (broad SMARTS) is 3. The van der Waals surface area contributed by atoms with Crippen LogP contribution in [-0.2, 0) is 24.0 Å². The summed E-state index contributed by atoms with van der Waals surface area (Å²) in [5.74, 6) is -5.13. The third-order valence-electron chi connectivity index (χ3n) is 7.71. The van der Waals surface area contributed by atoms with E-state index in [1.807, 2.05) is 0 Å². The zero-order valence-corrected chi connectivity index (χ0v) is 28.3. The molecule has 0 unspecified atom stereocenters. The van der Waals surface area contributed by atoms with E-state index >= 15 is 0 Å². The maximum absolute atomic E-state index is 13.0. The van der Waals surface area contributed by atoms with Crippen molar-refractivity contribution in [2.24, 2.45) is 0 Å². The van der Waals surface area contributed by atoms with E-state index in [0.717, 1.165) is 0 Å². The molecule has 1 fully saturated rings. The number of nitrogens with zero attached hydrogens (tertiary/aromatic N) is 4. The molecule has 0 aromatic heterocycles. The zero-order valence-electron chi connectivity index (χ0n) is 27.4. The van der Waals surface area contributed by atoms with Gasteiger partial charge in [0.2, 0.25) is 11.8 Å². The normalized spacial score (nSPS) is 15.0. The van der Waals surface area contributed by atoms with Gasteiger partial charge in [0.25, 0.3) is 5.91 Å². The van der Waals surface area contributed by atoms with Crippen LogP contribution in [0.1, 0.15) is 30.1 Å². The topological polar surface area (TPSA) is 253 Å². The van der Waals surface area contributed by atoms with Gasteiger partial charge in [-0.15, -0.1) is 0 Å². The molecule has 0 radical (unpaired) electrons. The van der Waals surface area contributed by atoms with Crippen LogP contribution < -0.4 is 16.0 Å². The summed E-state index contributed by atoms with van der Waals surface area (Å²) in [5.41, 5.74) is 0.603. The van der Waals surface area contributed by atoms with Crippen LogP contribution in [0.5, 0.6) is 0 Å². The van der Waals surface area contributed by atoms with Gasteiger partial charge in [-0.05, 0) is 44.0 Å². The third kappa shape index (κ3) is 15.5. The molecular weight excluding hydrogens is 665 g/mol. The molecule has 0 spiro atoms. The first-order valence-electron chi connectivity index (χ1n) is 15.7. The van der Waals surface area contributed by atoms with Crippen molar-refractivity contribution in [1.29, 1.82) is 0 Å². The van der Waals surface area contributed by atoms with Gasteiger partial charge in [-0.3, -0.25) is 43.5 Å².